The molecular weight excluding hydrogens is 320 g/mol. The van der Waals surface area contributed by atoms with Crippen LogP contribution in [-0.2, 0) is 4.79 Å². The van der Waals surface area contributed by atoms with Crippen molar-refractivity contribution in [3.05, 3.63) is 0 Å². The van der Waals surface area contributed by atoms with E-state index in [2.05, 4.69) is 38.8 Å². The molecule has 0 aliphatic heterocycles. The summed E-state index contributed by atoms with van der Waals surface area (Å²) in [5.41, 5.74) is 0. The zero-order chi connectivity index (χ0) is 11.5. The van der Waals surface area contributed by atoms with E-state index in [-0.39, 0.29) is 3.23 Å². The van der Waals surface area contributed by atoms with Crippen molar-refractivity contribution >= 4 is 37.6 Å². The number of hydrogen-bond acceptors (Lipinski definition) is 1. The van der Waals surface area contributed by atoms with Crippen molar-refractivity contribution in [1.29, 1.82) is 0 Å². The van der Waals surface area contributed by atoms with Crippen LogP contribution in [0.4, 0.5) is 0 Å². The molecule has 0 radical (unpaired) electrons. The maximum absolute atomic E-state index is 10.9. The number of rotatable bonds is 7. The molecule has 1 fully saturated rings. The summed E-state index contributed by atoms with van der Waals surface area (Å²) < 4.78 is 0.142. The second kappa shape index (κ2) is 5.81. The van der Waals surface area contributed by atoms with Gasteiger partial charge in [-0.1, -0.05) is 58.0 Å². The molecule has 2 atom stereocenters. The Kier molecular flexibility index (Phi) is 5.30. The summed E-state index contributed by atoms with van der Waals surface area (Å²) >= 11 is 7.45. The van der Waals surface area contributed by atoms with Gasteiger partial charge in [0.15, 0.2) is 0 Å². The number of ketones is 1. The highest BCUT2D eigenvalue weighted by Gasteiger charge is 2.60. The summed E-state index contributed by atoms with van der Waals surface area (Å²) in [6, 6.07) is 0. The molecule has 0 bridgehead atoms. The van der Waals surface area contributed by atoms with Crippen molar-refractivity contribution in [3.8, 4) is 0 Å². The lowest BCUT2D eigenvalue weighted by Gasteiger charge is -1.98. The third-order valence-corrected chi connectivity index (χ3v) is 5.64. The van der Waals surface area contributed by atoms with Gasteiger partial charge in [-0.3, -0.25) is 0 Å². The van der Waals surface area contributed by atoms with E-state index in [0.717, 1.165) is 18.8 Å². The van der Waals surface area contributed by atoms with Crippen LogP contribution in [-0.4, -0.2) is 9.02 Å². The normalized spacial score (nSPS) is 27.7. The molecular formula is C12H20Br2O. The van der Waals surface area contributed by atoms with Gasteiger partial charge in [-0.25, -0.2) is 0 Å². The second-order valence-corrected chi connectivity index (χ2v) is 8.31. The minimum Gasteiger partial charge on any atom is -0.300 e. The number of hydrogen-bond donors (Lipinski definition) is 0. The summed E-state index contributed by atoms with van der Waals surface area (Å²) in [5.74, 6) is 1.69. The van der Waals surface area contributed by atoms with Crippen molar-refractivity contribution in [2.75, 3.05) is 0 Å². The SMILES string of the molecule is CCCCCC1[C@H](CCC(C)=O)C1(Br)Br. The summed E-state index contributed by atoms with van der Waals surface area (Å²) in [6.45, 7) is 3.91. The largest absolute Gasteiger partial charge is 0.300 e. The van der Waals surface area contributed by atoms with Gasteiger partial charge in [0.25, 0.3) is 0 Å². The summed E-state index contributed by atoms with van der Waals surface area (Å²) in [7, 11) is 0. The van der Waals surface area contributed by atoms with Gasteiger partial charge in [-0.15, -0.1) is 0 Å². The predicted molar refractivity (Wildman–Crippen MR) is 71.6 cm³/mol. The van der Waals surface area contributed by atoms with Crippen LogP contribution in [0.3, 0.4) is 0 Å². The Balaban J connectivity index is 2.25. The molecule has 88 valence electrons. The first kappa shape index (κ1) is 13.7. The molecule has 0 N–H and O–H groups in total. The molecule has 0 aromatic heterocycles. The number of Topliss-reactive ketones (excluding diaryl/α,β-unsaturated/α-hetero) is 1. The van der Waals surface area contributed by atoms with Gasteiger partial charge >= 0.3 is 0 Å². The average Bonchev–Trinajstić information content (AvgIpc) is 2.65. The second-order valence-electron chi connectivity index (χ2n) is 4.62. The van der Waals surface area contributed by atoms with Crippen molar-refractivity contribution in [1.82, 2.24) is 0 Å². The Morgan fingerprint density at radius 2 is 1.80 bits per heavy atom. The molecule has 1 rings (SSSR count). The first-order valence-corrected chi connectivity index (χ1v) is 7.46. The van der Waals surface area contributed by atoms with Crippen molar-refractivity contribution < 1.29 is 4.79 Å². The molecule has 0 heterocycles. The maximum atomic E-state index is 10.9. The average molecular weight is 340 g/mol. The molecule has 15 heavy (non-hydrogen) atoms. The van der Waals surface area contributed by atoms with Crippen LogP contribution in [0.15, 0.2) is 0 Å². The van der Waals surface area contributed by atoms with E-state index in [1.54, 1.807) is 6.92 Å². The third kappa shape index (κ3) is 3.85. The van der Waals surface area contributed by atoms with E-state index in [1.807, 2.05) is 0 Å². The molecule has 0 aromatic carbocycles. The van der Waals surface area contributed by atoms with E-state index >= 15 is 0 Å². The van der Waals surface area contributed by atoms with Gasteiger partial charge in [-0.05, 0) is 31.6 Å². The van der Waals surface area contributed by atoms with Crippen molar-refractivity contribution in [3.63, 3.8) is 0 Å². The predicted octanol–water partition coefficient (Wildman–Crippen LogP) is 4.67. The van der Waals surface area contributed by atoms with Crippen molar-refractivity contribution in [2.45, 2.75) is 55.6 Å². The Morgan fingerprint density at radius 3 is 2.33 bits per heavy atom. The number of carbonyl (C=O) groups is 1. The minimum atomic E-state index is 0.142. The fourth-order valence-electron chi connectivity index (χ4n) is 2.22. The Hall–Kier alpha value is 0.630. The van der Waals surface area contributed by atoms with Crippen LogP contribution in [0, 0.1) is 11.8 Å². The lowest BCUT2D eigenvalue weighted by molar-refractivity contribution is -0.117. The Bertz CT molecular complexity index is 226. The lowest BCUT2D eigenvalue weighted by atomic mass is 10.1. The smallest absolute Gasteiger partial charge is 0.129 e. The van der Waals surface area contributed by atoms with Crippen LogP contribution >= 0.6 is 31.9 Å². The van der Waals surface area contributed by atoms with Crippen LogP contribution in [0.2, 0.25) is 0 Å². The lowest BCUT2D eigenvalue weighted by Crippen LogP contribution is -1.94. The molecule has 1 nitrogen and oxygen atoms in total. The zero-order valence-electron chi connectivity index (χ0n) is 9.56. The topological polar surface area (TPSA) is 17.1 Å². The molecule has 3 heteroatoms. The van der Waals surface area contributed by atoms with E-state index in [4.69, 9.17) is 0 Å². The maximum Gasteiger partial charge on any atom is 0.129 e. The quantitative estimate of drug-likeness (QED) is 0.486. The highest BCUT2D eigenvalue weighted by molar-refractivity contribution is 9.25. The van der Waals surface area contributed by atoms with Crippen LogP contribution in [0.5, 0.6) is 0 Å². The molecule has 1 aliphatic carbocycles. The summed E-state index contributed by atoms with van der Waals surface area (Å²) in [6.07, 6.45) is 6.97. The van der Waals surface area contributed by atoms with Crippen molar-refractivity contribution in [2.24, 2.45) is 11.8 Å². The Labute approximate surface area is 110 Å². The molecule has 1 unspecified atom stereocenters. The minimum absolute atomic E-state index is 0.142. The van der Waals surface area contributed by atoms with Crippen LogP contribution in [0.1, 0.15) is 52.4 Å². The van der Waals surface area contributed by atoms with Gasteiger partial charge in [0, 0.05) is 6.42 Å². The van der Waals surface area contributed by atoms with E-state index in [9.17, 15) is 4.79 Å². The molecule has 0 saturated heterocycles. The van der Waals surface area contributed by atoms with E-state index in [0.29, 0.717) is 11.7 Å². The van der Waals surface area contributed by atoms with E-state index < -0.39 is 0 Å². The Morgan fingerprint density at radius 1 is 1.20 bits per heavy atom. The highest BCUT2D eigenvalue weighted by atomic mass is 79.9. The summed E-state index contributed by atoms with van der Waals surface area (Å²) in [5, 5.41) is 0. The highest BCUT2D eigenvalue weighted by Crippen LogP contribution is 2.65. The molecule has 1 saturated carbocycles. The standard InChI is InChI=1S/C12H20Br2O/c1-3-4-5-6-10-11(12(10,13)14)8-7-9(2)15/h10-11H,3-8H2,1-2H3/t10?,11-/m0/s1. The van der Waals surface area contributed by atoms with Crippen LogP contribution in [0.25, 0.3) is 0 Å². The molecule has 0 spiro atoms. The monoisotopic (exact) mass is 338 g/mol. The number of carbonyl (C=O) groups excluding carboxylic acids is 1. The van der Waals surface area contributed by atoms with Gasteiger partial charge in [-0.2, -0.15) is 0 Å². The fourth-order valence-corrected chi connectivity index (χ4v) is 4.15. The fraction of sp³-hybridized carbons (Fsp3) is 0.917. The molecule has 1 aliphatic rings. The first-order chi connectivity index (χ1) is 7.00. The number of alkyl halides is 2. The molecule has 0 amide bonds. The van der Waals surface area contributed by atoms with Gasteiger partial charge in [0.2, 0.25) is 0 Å². The number of halogens is 2. The van der Waals surface area contributed by atoms with Gasteiger partial charge in [0.05, 0.1) is 3.23 Å². The summed E-state index contributed by atoms with van der Waals surface area (Å²) in [4.78, 5) is 10.9. The van der Waals surface area contributed by atoms with E-state index in [1.165, 1.54) is 25.7 Å². The first-order valence-electron chi connectivity index (χ1n) is 5.87. The molecule has 0 aromatic rings. The third-order valence-electron chi connectivity index (χ3n) is 3.29. The van der Waals surface area contributed by atoms with Crippen LogP contribution < -0.4 is 0 Å². The number of unbranched alkanes of at least 4 members (excludes halogenated alkanes) is 2. The van der Waals surface area contributed by atoms with Gasteiger partial charge in [0.1, 0.15) is 5.78 Å². The van der Waals surface area contributed by atoms with Gasteiger partial charge < -0.3 is 4.79 Å². The zero-order valence-corrected chi connectivity index (χ0v) is 12.7.